The Hall–Kier alpha value is -3.83. The summed E-state index contributed by atoms with van der Waals surface area (Å²) in [5.41, 5.74) is 14.5. The first kappa shape index (κ1) is 30.2. The van der Waals surface area contributed by atoms with Gasteiger partial charge in [-0.3, -0.25) is 14.4 Å². The van der Waals surface area contributed by atoms with Crippen molar-refractivity contribution in [2.45, 2.75) is 64.6 Å². The zero-order chi connectivity index (χ0) is 26.9. The Kier molecular flexibility index (Phi) is 14.0. The van der Waals surface area contributed by atoms with E-state index in [9.17, 15) is 24.3 Å². The number of benzene rings is 1. The SMILES string of the molecule is CC(C)C(NC(=O)CCCCN=[N+]=[N-])C(=O)NC(CCCNC(N)=O)C(=O)Nc1ccc(CO)cc1. The third-order valence-electron chi connectivity index (χ3n) is 5.25. The Morgan fingerprint density at radius 2 is 1.75 bits per heavy atom. The van der Waals surface area contributed by atoms with Gasteiger partial charge in [0.05, 0.1) is 6.61 Å². The van der Waals surface area contributed by atoms with Crippen LogP contribution in [0.1, 0.15) is 51.5 Å². The molecule has 13 nitrogen and oxygen atoms in total. The molecule has 0 radical (unpaired) electrons. The molecule has 0 heterocycles. The molecule has 0 aromatic heterocycles. The molecule has 1 aromatic carbocycles. The van der Waals surface area contributed by atoms with Gasteiger partial charge in [-0.15, -0.1) is 0 Å². The summed E-state index contributed by atoms with van der Waals surface area (Å²) in [7, 11) is 0. The summed E-state index contributed by atoms with van der Waals surface area (Å²) < 4.78 is 0. The highest BCUT2D eigenvalue weighted by Crippen LogP contribution is 2.12. The van der Waals surface area contributed by atoms with Gasteiger partial charge in [-0.1, -0.05) is 31.1 Å². The second-order valence-electron chi connectivity index (χ2n) is 8.54. The number of carbonyl (C=O) groups is 4. The maximum absolute atomic E-state index is 13.0. The second-order valence-corrected chi connectivity index (χ2v) is 8.54. The van der Waals surface area contributed by atoms with E-state index in [4.69, 9.17) is 11.3 Å². The second kappa shape index (κ2) is 16.7. The summed E-state index contributed by atoms with van der Waals surface area (Å²) in [6.45, 7) is 3.94. The molecule has 2 unspecified atom stereocenters. The molecule has 0 bridgehead atoms. The van der Waals surface area contributed by atoms with Gasteiger partial charge in [0.1, 0.15) is 12.1 Å². The number of hydrogen-bond acceptors (Lipinski definition) is 6. The lowest BCUT2D eigenvalue weighted by molar-refractivity contribution is -0.132. The normalized spacial score (nSPS) is 12.1. The number of rotatable bonds is 16. The van der Waals surface area contributed by atoms with E-state index in [-0.39, 0.29) is 37.8 Å². The fourth-order valence-corrected chi connectivity index (χ4v) is 3.26. The zero-order valence-electron chi connectivity index (χ0n) is 20.7. The number of aliphatic hydroxyl groups excluding tert-OH is 1. The van der Waals surface area contributed by atoms with Crippen molar-refractivity contribution in [2.75, 3.05) is 18.4 Å². The summed E-state index contributed by atoms with van der Waals surface area (Å²) in [4.78, 5) is 51.9. The standard InChI is InChI=1S/C23H36N8O5/c1-15(2)20(30-19(33)7-3-4-13-27-31-25)22(35)29-18(6-5-12-26-23(24)36)21(34)28-17-10-8-16(14-32)9-11-17/h8-11,15,18,20,32H,3-7,12-14H2,1-2H3,(H,28,34)(H,29,35)(H,30,33)(H3,24,26,36). The van der Waals surface area contributed by atoms with Crippen LogP contribution >= 0.6 is 0 Å². The average Bonchev–Trinajstić information content (AvgIpc) is 2.84. The molecule has 198 valence electrons. The van der Waals surface area contributed by atoms with E-state index >= 15 is 0 Å². The molecule has 2 atom stereocenters. The molecule has 36 heavy (non-hydrogen) atoms. The Bertz CT molecular complexity index is 916. The smallest absolute Gasteiger partial charge is 0.312 e. The minimum atomic E-state index is -0.938. The van der Waals surface area contributed by atoms with E-state index in [1.807, 2.05) is 0 Å². The third-order valence-corrected chi connectivity index (χ3v) is 5.25. The summed E-state index contributed by atoms with van der Waals surface area (Å²) in [5, 5.41) is 23.2. The highest BCUT2D eigenvalue weighted by Gasteiger charge is 2.28. The van der Waals surface area contributed by atoms with Crippen molar-refractivity contribution in [3.05, 3.63) is 40.3 Å². The fraction of sp³-hybridized carbons (Fsp3) is 0.565. The van der Waals surface area contributed by atoms with Crippen LogP contribution in [0.4, 0.5) is 10.5 Å². The summed E-state index contributed by atoms with van der Waals surface area (Å²) in [6, 6.07) is 4.11. The molecule has 0 saturated carbocycles. The van der Waals surface area contributed by atoms with E-state index in [2.05, 4.69) is 31.3 Å². The number of anilines is 1. The van der Waals surface area contributed by atoms with Crippen LogP contribution in [0, 0.1) is 5.92 Å². The lowest BCUT2D eigenvalue weighted by atomic mass is 10.0. The van der Waals surface area contributed by atoms with Crippen molar-refractivity contribution in [3.63, 3.8) is 0 Å². The molecule has 0 fully saturated rings. The van der Waals surface area contributed by atoms with E-state index in [1.165, 1.54) is 0 Å². The molecule has 0 aliphatic heterocycles. The molecule has 0 aliphatic carbocycles. The van der Waals surface area contributed by atoms with Gasteiger partial charge in [0.2, 0.25) is 17.7 Å². The van der Waals surface area contributed by atoms with Gasteiger partial charge in [0.25, 0.3) is 0 Å². The van der Waals surface area contributed by atoms with Crippen molar-refractivity contribution in [3.8, 4) is 0 Å². The van der Waals surface area contributed by atoms with Gasteiger partial charge in [-0.25, -0.2) is 4.79 Å². The largest absolute Gasteiger partial charge is 0.392 e. The zero-order valence-corrected chi connectivity index (χ0v) is 20.7. The van der Waals surface area contributed by atoms with Crippen LogP contribution in [0.25, 0.3) is 10.4 Å². The van der Waals surface area contributed by atoms with Gasteiger partial charge in [-0.05, 0) is 54.8 Å². The molecular weight excluding hydrogens is 468 g/mol. The van der Waals surface area contributed by atoms with Crippen LogP contribution in [-0.2, 0) is 21.0 Å². The molecule has 5 amide bonds. The van der Waals surface area contributed by atoms with Gasteiger partial charge >= 0.3 is 6.03 Å². The van der Waals surface area contributed by atoms with Crippen LogP contribution in [0.3, 0.4) is 0 Å². The van der Waals surface area contributed by atoms with Crippen molar-refractivity contribution < 1.29 is 24.3 Å². The summed E-state index contributed by atoms with van der Waals surface area (Å²) in [5.74, 6) is -1.54. The average molecular weight is 505 g/mol. The quantitative estimate of drug-likeness (QED) is 0.0855. The monoisotopic (exact) mass is 504 g/mol. The maximum Gasteiger partial charge on any atom is 0.312 e. The fourth-order valence-electron chi connectivity index (χ4n) is 3.26. The van der Waals surface area contributed by atoms with Crippen LogP contribution in [0.2, 0.25) is 0 Å². The molecule has 1 rings (SSSR count). The number of nitrogens with two attached hydrogens (primary N) is 1. The van der Waals surface area contributed by atoms with Gasteiger partial charge < -0.3 is 32.1 Å². The van der Waals surface area contributed by atoms with Gasteiger partial charge in [0, 0.05) is 30.1 Å². The topological polar surface area (TPSA) is 211 Å². The maximum atomic E-state index is 13.0. The van der Waals surface area contributed by atoms with Crippen molar-refractivity contribution >= 4 is 29.4 Å². The summed E-state index contributed by atoms with van der Waals surface area (Å²) >= 11 is 0. The number of nitrogens with one attached hydrogen (secondary N) is 4. The Balaban J connectivity index is 2.83. The van der Waals surface area contributed by atoms with Crippen molar-refractivity contribution in [2.24, 2.45) is 16.8 Å². The van der Waals surface area contributed by atoms with Gasteiger partial charge in [0.15, 0.2) is 0 Å². The third kappa shape index (κ3) is 12.0. The molecule has 0 saturated heterocycles. The number of azide groups is 1. The number of nitrogens with zero attached hydrogens (tertiary/aromatic N) is 3. The van der Waals surface area contributed by atoms with E-state index < -0.39 is 29.9 Å². The number of amides is 5. The number of urea groups is 1. The number of primary amides is 1. The lowest BCUT2D eigenvalue weighted by Gasteiger charge is -2.25. The van der Waals surface area contributed by atoms with E-state index in [0.29, 0.717) is 37.1 Å². The number of unbranched alkanes of at least 4 members (excludes halogenated alkanes) is 1. The van der Waals surface area contributed by atoms with Gasteiger partial charge in [-0.2, -0.15) is 0 Å². The lowest BCUT2D eigenvalue weighted by Crippen LogP contribution is -2.54. The highest BCUT2D eigenvalue weighted by atomic mass is 16.3. The predicted octanol–water partition coefficient (Wildman–Crippen LogP) is 1.67. The number of hydrogen-bond donors (Lipinski definition) is 6. The minimum Gasteiger partial charge on any atom is -0.392 e. The van der Waals surface area contributed by atoms with Crippen molar-refractivity contribution in [1.82, 2.24) is 16.0 Å². The van der Waals surface area contributed by atoms with Crippen LogP contribution in [0.5, 0.6) is 0 Å². The Morgan fingerprint density at radius 3 is 2.33 bits per heavy atom. The first-order valence-corrected chi connectivity index (χ1v) is 11.8. The van der Waals surface area contributed by atoms with E-state index in [0.717, 1.165) is 0 Å². The molecular formula is C23H36N8O5. The first-order chi connectivity index (χ1) is 17.2. The van der Waals surface area contributed by atoms with Crippen LogP contribution in [0.15, 0.2) is 29.4 Å². The number of aliphatic hydroxyl groups is 1. The van der Waals surface area contributed by atoms with Crippen LogP contribution < -0.4 is 27.0 Å². The minimum absolute atomic E-state index is 0.129. The van der Waals surface area contributed by atoms with Crippen LogP contribution in [-0.4, -0.2) is 54.0 Å². The predicted molar refractivity (Wildman–Crippen MR) is 134 cm³/mol. The highest BCUT2D eigenvalue weighted by molar-refractivity contribution is 5.98. The molecule has 1 aromatic rings. The molecule has 7 N–H and O–H groups in total. The number of carbonyl (C=O) groups excluding carboxylic acids is 4. The Labute approximate surface area is 210 Å². The molecule has 13 heteroatoms. The van der Waals surface area contributed by atoms with E-state index in [1.54, 1.807) is 38.1 Å². The first-order valence-electron chi connectivity index (χ1n) is 11.8. The van der Waals surface area contributed by atoms with Crippen molar-refractivity contribution in [1.29, 1.82) is 0 Å². The molecule has 0 spiro atoms. The molecule has 0 aliphatic rings. The Morgan fingerprint density at radius 1 is 1.06 bits per heavy atom. The summed E-state index contributed by atoms with van der Waals surface area (Å²) in [6.07, 6.45) is 1.81.